The average Bonchev–Trinajstić information content (AvgIpc) is 3.33. The van der Waals surface area contributed by atoms with Crippen molar-refractivity contribution >= 4 is 12.0 Å². The lowest BCUT2D eigenvalue weighted by Gasteiger charge is -2.24. The van der Waals surface area contributed by atoms with Gasteiger partial charge in [-0.2, -0.15) is 0 Å². The maximum atomic E-state index is 12.8. The molecule has 2 N–H and O–H groups in total. The number of likely N-dealkylation sites (tertiary alicyclic amines) is 1. The van der Waals surface area contributed by atoms with E-state index >= 15 is 0 Å². The summed E-state index contributed by atoms with van der Waals surface area (Å²) >= 11 is 0. The summed E-state index contributed by atoms with van der Waals surface area (Å²) in [7, 11) is 0. The molecule has 2 amide bonds. The van der Waals surface area contributed by atoms with Gasteiger partial charge in [0.2, 0.25) is 0 Å². The highest BCUT2D eigenvalue weighted by Crippen LogP contribution is 2.47. The quantitative estimate of drug-likeness (QED) is 0.818. The molecule has 1 aromatic rings. The normalized spacial score (nSPS) is 30.2. The Morgan fingerprint density at radius 3 is 2.42 bits per heavy atom. The van der Waals surface area contributed by atoms with E-state index in [9.17, 15) is 9.59 Å². The van der Waals surface area contributed by atoms with Gasteiger partial charge in [0.15, 0.2) is 0 Å². The fourth-order valence-corrected chi connectivity index (χ4v) is 4.81. The van der Waals surface area contributed by atoms with Gasteiger partial charge in [0, 0.05) is 37.4 Å². The van der Waals surface area contributed by atoms with Crippen molar-refractivity contribution in [2.24, 2.45) is 11.8 Å². The van der Waals surface area contributed by atoms with Crippen LogP contribution >= 0.6 is 0 Å². The molecule has 6 heteroatoms. The van der Waals surface area contributed by atoms with Gasteiger partial charge in [0.05, 0.1) is 12.2 Å². The molecular formula is C20H26N2O4. The smallest absolute Gasteiger partial charge is 0.317 e. The van der Waals surface area contributed by atoms with E-state index in [1.54, 1.807) is 0 Å². The number of rotatable bonds is 6. The highest BCUT2D eigenvalue weighted by molar-refractivity contribution is 5.75. The molecule has 3 fully saturated rings. The van der Waals surface area contributed by atoms with E-state index in [1.165, 1.54) is 0 Å². The zero-order valence-electron chi connectivity index (χ0n) is 14.8. The lowest BCUT2D eigenvalue weighted by Crippen LogP contribution is -2.45. The van der Waals surface area contributed by atoms with Crippen molar-refractivity contribution in [1.29, 1.82) is 0 Å². The number of nitrogens with one attached hydrogen (secondary N) is 1. The number of benzene rings is 1. The van der Waals surface area contributed by atoms with Crippen LogP contribution in [0.25, 0.3) is 0 Å². The van der Waals surface area contributed by atoms with Gasteiger partial charge >= 0.3 is 12.0 Å². The van der Waals surface area contributed by atoms with E-state index in [0.717, 1.165) is 31.5 Å². The molecule has 2 bridgehead atoms. The van der Waals surface area contributed by atoms with Crippen molar-refractivity contribution in [3.05, 3.63) is 35.9 Å². The van der Waals surface area contributed by atoms with Crippen molar-refractivity contribution in [3.63, 3.8) is 0 Å². The zero-order chi connectivity index (χ0) is 18.1. The molecular weight excluding hydrogens is 332 g/mol. The van der Waals surface area contributed by atoms with E-state index < -0.39 is 5.97 Å². The van der Waals surface area contributed by atoms with Crippen LogP contribution in [-0.2, 0) is 16.0 Å². The van der Waals surface area contributed by atoms with E-state index in [-0.39, 0.29) is 18.5 Å². The summed E-state index contributed by atoms with van der Waals surface area (Å²) in [5, 5.41) is 12.1. The first-order chi connectivity index (χ1) is 12.6. The van der Waals surface area contributed by atoms with Gasteiger partial charge < -0.3 is 20.1 Å². The van der Waals surface area contributed by atoms with Crippen LogP contribution in [0.2, 0.25) is 0 Å². The monoisotopic (exact) mass is 358 g/mol. The van der Waals surface area contributed by atoms with Gasteiger partial charge in [-0.25, -0.2) is 4.79 Å². The Labute approximate surface area is 153 Å². The Kier molecular flexibility index (Phi) is 4.85. The third-order valence-corrected chi connectivity index (χ3v) is 6.10. The number of carboxylic acid groups (broad SMARTS) is 1. The fourth-order valence-electron chi connectivity index (χ4n) is 4.81. The second-order valence-corrected chi connectivity index (χ2v) is 7.79. The zero-order valence-corrected chi connectivity index (χ0v) is 14.8. The van der Waals surface area contributed by atoms with Crippen molar-refractivity contribution in [2.75, 3.05) is 13.1 Å². The lowest BCUT2D eigenvalue weighted by molar-refractivity contribution is -0.137. The molecule has 0 saturated carbocycles. The van der Waals surface area contributed by atoms with Gasteiger partial charge in [-0.05, 0) is 31.2 Å². The van der Waals surface area contributed by atoms with E-state index in [1.807, 2.05) is 35.2 Å². The minimum atomic E-state index is -0.832. The number of carboxylic acids is 1. The second-order valence-electron chi connectivity index (χ2n) is 7.79. The Morgan fingerprint density at radius 1 is 1.15 bits per heavy atom. The standard InChI is InChI=1S/C20H26N2O4/c23-19(24)9-6-14(10-13-4-2-1-3-5-13)21-20(25)22-11-15-16(12-22)18-8-7-17(15)26-18/h1-5,14-18H,6-12H2,(H,21,25)(H,23,24). The maximum Gasteiger partial charge on any atom is 0.317 e. The van der Waals surface area contributed by atoms with Gasteiger partial charge in [-0.1, -0.05) is 30.3 Å². The van der Waals surface area contributed by atoms with Crippen LogP contribution in [0.4, 0.5) is 4.79 Å². The molecule has 5 atom stereocenters. The van der Waals surface area contributed by atoms with Crippen molar-refractivity contribution in [1.82, 2.24) is 10.2 Å². The molecule has 140 valence electrons. The number of carbonyl (C=O) groups excluding carboxylic acids is 1. The highest BCUT2D eigenvalue weighted by Gasteiger charge is 2.53. The summed E-state index contributed by atoms with van der Waals surface area (Å²) in [6, 6.07) is 9.66. The van der Waals surface area contributed by atoms with E-state index in [0.29, 0.717) is 36.9 Å². The molecule has 0 spiro atoms. The highest BCUT2D eigenvalue weighted by atomic mass is 16.5. The number of amides is 2. The van der Waals surface area contributed by atoms with Crippen LogP contribution in [0.15, 0.2) is 30.3 Å². The summed E-state index contributed by atoms with van der Waals surface area (Å²) in [6.45, 7) is 1.52. The molecule has 0 aliphatic carbocycles. The molecule has 6 nitrogen and oxygen atoms in total. The molecule has 0 aromatic heterocycles. The van der Waals surface area contributed by atoms with Crippen LogP contribution in [0.1, 0.15) is 31.2 Å². The predicted molar refractivity (Wildman–Crippen MR) is 95.8 cm³/mol. The maximum absolute atomic E-state index is 12.8. The van der Waals surface area contributed by atoms with Gasteiger partial charge in [-0.3, -0.25) is 4.79 Å². The number of nitrogens with zero attached hydrogens (tertiary/aromatic N) is 1. The number of fused-ring (bicyclic) bond motifs is 5. The largest absolute Gasteiger partial charge is 0.481 e. The van der Waals surface area contributed by atoms with Crippen LogP contribution in [-0.4, -0.2) is 53.3 Å². The van der Waals surface area contributed by atoms with Crippen LogP contribution in [0.5, 0.6) is 0 Å². The summed E-state index contributed by atoms with van der Waals surface area (Å²) < 4.78 is 5.97. The van der Waals surface area contributed by atoms with Crippen molar-refractivity contribution in [2.45, 2.75) is 50.4 Å². The SMILES string of the molecule is O=C(O)CCC(Cc1ccccc1)NC(=O)N1CC2C3CCC(O3)C2C1. The fraction of sp³-hybridized carbons (Fsp3) is 0.600. The lowest BCUT2D eigenvalue weighted by atomic mass is 9.82. The van der Waals surface area contributed by atoms with Gasteiger partial charge in [0.25, 0.3) is 0 Å². The molecule has 3 saturated heterocycles. The third-order valence-electron chi connectivity index (χ3n) is 6.10. The summed E-state index contributed by atoms with van der Waals surface area (Å²) in [5.74, 6) is 0.124. The number of hydrogen-bond donors (Lipinski definition) is 2. The minimum Gasteiger partial charge on any atom is -0.481 e. The summed E-state index contributed by atoms with van der Waals surface area (Å²) in [5.41, 5.74) is 1.10. The second kappa shape index (κ2) is 7.27. The number of hydrogen-bond acceptors (Lipinski definition) is 3. The summed E-state index contributed by atoms with van der Waals surface area (Å²) in [6.07, 6.45) is 4.04. The average molecular weight is 358 g/mol. The molecule has 0 radical (unpaired) electrons. The molecule has 4 rings (SSSR count). The first-order valence-electron chi connectivity index (χ1n) is 9.57. The van der Waals surface area contributed by atoms with Crippen molar-refractivity contribution < 1.29 is 19.4 Å². The predicted octanol–water partition coefficient (Wildman–Crippen LogP) is 2.28. The molecule has 26 heavy (non-hydrogen) atoms. The third kappa shape index (κ3) is 3.56. The Bertz CT molecular complexity index is 647. The number of ether oxygens (including phenoxy) is 1. The van der Waals surface area contributed by atoms with Crippen LogP contribution in [0, 0.1) is 11.8 Å². The molecule has 3 aliphatic rings. The van der Waals surface area contributed by atoms with Gasteiger partial charge in [0.1, 0.15) is 0 Å². The molecule has 3 heterocycles. The molecule has 5 unspecified atom stereocenters. The molecule has 1 aromatic carbocycles. The first kappa shape index (κ1) is 17.3. The van der Waals surface area contributed by atoms with Crippen molar-refractivity contribution in [3.8, 4) is 0 Å². The topological polar surface area (TPSA) is 78.9 Å². The first-order valence-corrected chi connectivity index (χ1v) is 9.57. The number of carbonyl (C=O) groups is 2. The van der Waals surface area contributed by atoms with E-state index in [2.05, 4.69) is 5.32 Å². The minimum absolute atomic E-state index is 0.0566. The Balaban J connectivity index is 1.37. The van der Waals surface area contributed by atoms with Crippen LogP contribution < -0.4 is 5.32 Å². The summed E-state index contributed by atoms with van der Waals surface area (Å²) in [4.78, 5) is 25.7. The van der Waals surface area contributed by atoms with E-state index in [4.69, 9.17) is 9.84 Å². The van der Waals surface area contributed by atoms with Gasteiger partial charge in [-0.15, -0.1) is 0 Å². The number of urea groups is 1. The van der Waals surface area contributed by atoms with Crippen LogP contribution in [0.3, 0.4) is 0 Å². The number of aliphatic carboxylic acids is 1. The Hall–Kier alpha value is -2.08. The molecule has 3 aliphatic heterocycles. The Morgan fingerprint density at radius 2 is 1.81 bits per heavy atom.